The first-order valence-corrected chi connectivity index (χ1v) is 7.16. The second-order valence-electron chi connectivity index (χ2n) is 4.99. The van der Waals surface area contributed by atoms with E-state index in [1.807, 2.05) is 6.92 Å². The van der Waals surface area contributed by atoms with Gasteiger partial charge in [-0.25, -0.2) is 4.39 Å². The summed E-state index contributed by atoms with van der Waals surface area (Å²) in [6.45, 7) is 6.87. The third-order valence-electron chi connectivity index (χ3n) is 3.44. The van der Waals surface area contributed by atoms with E-state index in [0.29, 0.717) is 5.56 Å². The molecule has 20 heavy (non-hydrogen) atoms. The van der Waals surface area contributed by atoms with E-state index >= 15 is 0 Å². The van der Waals surface area contributed by atoms with Crippen LogP contribution in [-0.2, 0) is 0 Å². The van der Waals surface area contributed by atoms with Gasteiger partial charge < -0.3 is 5.32 Å². The number of benzene rings is 2. The van der Waals surface area contributed by atoms with E-state index in [9.17, 15) is 4.39 Å². The molecule has 2 aromatic carbocycles. The molecule has 0 fully saturated rings. The smallest absolute Gasteiger partial charge is 0.146 e. The van der Waals surface area contributed by atoms with E-state index in [-0.39, 0.29) is 16.9 Å². The third kappa shape index (κ3) is 3.02. The van der Waals surface area contributed by atoms with Crippen LogP contribution in [0.4, 0.5) is 4.39 Å². The summed E-state index contributed by atoms with van der Waals surface area (Å²) in [6, 6.07) is 11.2. The van der Waals surface area contributed by atoms with Gasteiger partial charge in [-0.2, -0.15) is 0 Å². The van der Waals surface area contributed by atoms with Crippen LogP contribution < -0.4 is 5.32 Å². The summed E-state index contributed by atoms with van der Waals surface area (Å²) in [4.78, 5) is 0. The molecule has 0 heterocycles. The fourth-order valence-corrected chi connectivity index (χ4v) is 2.67. The highest BCUT2D eigenvalue weighted by Gasteiger charge is 2.20. The Morgan fingerprint density at radius 2 is 1.90 bits per heavy atom. The van der Waals surface area contributed by atoms with E-state index in [2.05, 4.69) is 37.4 Å². The molecule has 0 aliphatic carbocycles. The highest BCUT2D eigenvalue weighted by atomic mass is 35.5. The highest BCUT2D eigenvalue weighted by Crippen LogP contribution is 2.30. The fraction of sp³-hybridized carbons (Fsp3) is 0.294. The second-order valence-corrected chi connectivity index (χ2v) is 5.40. The fourth-order valence-electron chi connectivity index (χ4n) is 2.48. The number of hydrogen-bond acceptors (Lipinski definition) is 1. The Balaban J connectivity index is 2.53. The summed E-state index contributed by atoms with van der Waals surface area (Å²) in [5.41, 5.74) is 4.02. The van der Waals surface area contributed by atoms with Crippen molar-refractivity contribution < 1.29 is 4.39 Å². The Morgan fingerprint density at radius 1 is 1.15 bits per heavy atom. The molecule has 0 saturated heterocycles. The summed E-state index contributed by atoms with van der Waals surface area (Å²) in [5.74, 6) is -0.347. The van der Waals surface area contributed by atoms with Crippen LogP contribution in [0.1, 0.15) is 35.2 Å². The minimum Gasteiger partial charge on any atom is -0.306 e. The second kappa shape index (κ2) is 6.38. The van der Waals surface area contributed by atoms with Crippen molar-refractivity contribution in [1.29, 1.82) is 0 Å². The Bertz CT molecular complexity index is 610. The summed E-state index contributed by atoms with van der Waals surface area (Å²) < 4.78 is 14.3. The normalized spacial score (nSPS) is 12.4. The largest absolute Gasteiger partial charge is 0.306 e. The average molecular weight is 292 g/mol. The molecule has 0 bridgehead atoms. The van der Waals surface area contributed by atoms with Crippen molar-refractivity contribution in [2.45, 2.75) is 26.8 Å². The number of nitrogens with one attached hydrogen (secondary N) is 1. The van der Waals surface area contributed by atoms with Crippen LogP contribution in [0.15, 0.2) is 36.4 Å². The SMILES string of the molecule is CCNC(c1ccc(C)cc1C)c1cccc(Cl)c1F. The lowest BCUT2D eigenvalue weighted by molar-refractivity contribution is 0.558. The lowest BCUT2D eigenvalue weighted by Gasteiger charge is -2.22. The highest BCUT2D eigenvalue weighted by molar-refractivity contribution is 6.30. The molecule has 0 radical (unpaired) electrons. The van der Waals surface area contributed by atoms with Crippen LogP contribution in [0.2, 0.25) is 5.02 Å². The van der Waals surface area contributed by atoms with Crippen LogP contribution in [0, 0.1) is 19.7 Å². The molecule has 0 aromatic heterocycles. The van der Waals surface area contributed by atoms with Gasteiger partial charge in [-0.15, -0.1) is 0 Å². The van der Waals surface area contributed by atoms with Crippen molar-refractivity contribution in [2.24, 2.45) is 0 Å². The molecular formula is C17H19ClFN. The first-order chi connectivity index (χ1) is 9.54. The standard InChI is InChI=1S/C17H19ClFN/c1-4-20-17(13-9-8-11(2)10-12(13)3)14-6-5-7-15(18)16(14)19/h5-10,17,20H,4H2,1-3H3. The lowest BCUT2D eigenvalue weighted by atomic mass is 9.93. The predicted molar refractivity (Wildman–Crippen MR) is 82.8 cm³/mol. The molecule has 0 saturated carbocycles. The van der Waals surface area contributed by atoms with Crippen molar-refractivity contribution in [3.63, 3.8) is 0 Å². The summed E-state index contributed by atoms with van der Waals surface area (Å²) in [6.07, 6.45) is 0. The van der Waals surface area contributed by atoms with Gasteiger partial charge in [-0.05, 0) is 37.6 Å². The molecule has 2 aromatic rings. The summed E-state index contributed by atoms with van der Waals surface area (Å²) in [5, 5.41) is 3.51. The van der Waals surface area contributed by atoms with Crippen molar-refractivity contribution in [3.05, 3.63) is 69.5 Å². The molecule has 1 unspecified atom stereocenters. The molecule has 0 spiro atoms. The van der Waals surface area contributed by atoms with Gasteiger partial charge in [0.05, 0.1) is 11.1 Å². The van der Waals surface area contributed by atoms with Crippen molar-refractivity contribution in [1.82, 2.24) is 5.32 Å². The van der Waals surface area contributed by atoms with Gasteiger partial charge in [0, 0.05) is 5.56 Å². The van der Waals surface area contributed by atoms with Crippen LogP contribution in [-0.4, -0.2) is 6.54 Å². The van der Waals surface area contributed by atoms with Gasteiger partial charge in [0.25, 0.3) is 0 Å². The van der Waals surface area contributed by atoms with E-state index < -0.39 is 0 Å². The summed E-state index contributed by atoms with van der Waals surface area (Å²) >= 11 is 5.91. The van der Waals surface area contributed by atoms with E-state index in [4.69, 9.17) is 11.6 Å². The van der Waals surface area contributed by atoms with Gasteiger partial charge in [-0.1, -0.05) is 54.4 Å². The van der Waals surface area contributed by atoms with Gasteiger partial charge in [0.2, 0.25) is 0 Å². The van der Waals surface area contributed by atoms with Crippen LogP contribution >= 0.6 is 11.6 Å². The van der Waals surface area contributed by atoms with Crippen LogP contribution in [0.25, 0.3) is 0 Å². The van der Waals surface area contributed by atoms with Gasteiger partial charge in [-0.3, -0.25) is 0 Å². The Morgan fingerprint density at radius 3 is 2.55 bits per heavy atom. The van der Waals surface area contributed by atoms with Crippen molar-refractivity contribution >= 4 is 11.6 Å². The van der Waals surface area contributed by atoms with Gasteiger partial charge >= 0.3 is 0 Å². The zero-order chi connectivity index (χ0) is 14.7. The summed E-state index contributed by atoms with van der Waals surface area (Å²) in [7, 11) is 0. The van der Waals surface area contributed by atoms with Crippen LogP contribution in [0.3, 0.4) is 0 Å². The maximum Gasteiger partial charge on any atom is 0.146 e. The maximum absolute atomic E-state index is 14.3. The van der Waals surface area contributed by atoms with E-state index in [0.717, 1.165) is 17.7 Å². The minimum absolute atomic E-state index is 0.162. The molecule has 0 aliphatic heterocycles. The zero-order valence-electron chi connectivity index (χ0n) is 12.0. The van der Waals surface area contributed by atoms with E-state index in [1.54, 1.807) is 18.2 Å². The maximum atomic E-state index is 14.3. The van der Waals surface area contributed by atoms with Gasteiger partial charge in [0.1, 0.15) is 5.82 Å². The molecule has 0 amide bonds. The Kier molecular flexibility index (Phi) is 4.79. The quantitative estimate of drug-likeness (QED) is 0.853. The first kappa shape index (κ1) is 15.0. The zero-order valence-corrected chi connectivity index (χ0v) is 12.8. The molecule has 3 heteroatoms. The minimum atomic E-state index is -0.347. The average Bonchev–Trinajstić information content (AvgIpc) is 2.40. The monoisotopic (exact) mass is 291 g/mol. The van der Waals surface area contributed by atoms with Gasteiger partial charge in [0.15, 0.2) is 0 Å². The lowest BCUT2D eigenvalue weighted by Crippen LogP contribution is -2.24. The Hall–Kier alpha value is -1.38. The number of halogens is 2. The third-order valence-corrected chi connectivity index (χ3v) is 3.73. The number of aryl methyl sites for hydroxylation is 2. The molecule has 2 rings (SSSR count). The molecule has 1 nitrogen and oxygen atoms in total. The van der Waals surface area contributed by atoms with Crippen molar-refractivity contribution in [2.75, 3.05) is 6.54 Å². The molecule has 0 aliphatic rings. The molecular weight excluding hydrogens is 273 g/mol. The Labute approximate surface area is 124 Å². The molecule has 1 atom stereocenters. The topological polar surface area (TPSA) is 12.0 Å². The molecule has 1 N–H and O–H groups in total. The first-order valence-electron chi connectivity index (χ1n) is 6.79. The molecule has 106 valence electrons. The predicted octanol–water partition coefficient (Wildman–Crippen LogP) is 4.79. The van der Waals surface area contributed by atoms with Crippen molar-refractivity contribution in [3.8, 4) is 0 Å². The number of rotatable bonds is 4. The van der Waals surface area contributed by atoms with Crippen LogP contribution in [0.5, 0.6) is 0 Å². The number of hydrogen-bond donors (Lipinski definition) is 1. The van der Waals surface area contributed by atoms with E-state index in [1.165, 1.54) is 5.56 Å².